The molecule has 1 saturated heterocycles. The molecule has 0 atom stereocenters. The summed E-state index contributed by atoms with van der Waals surface area (Å²) in [5, 5.41) is 0. The number of nitrogens with zero attached hydrogens (tertiary/aromatic N) is 2. The summed E-state index contributed by atoms with van der Waals surface area (Å²) in [6.07, 6.45) is 4.08. The molecule has 1 aliphatic heterocycles. The van der Waals surface area contributed by atoms with E-state index in [1.54, 1.807) is 54.9 Å². The van der Waals surface area contributed by atoms with Gasteiger partial charge in [0.1, 0.15) is 23.9 Å². The van der Waals surface area contributed by atoms with Crippen molar-refractivity contribution < 1.29 is 27.4 Å². The minimum absolute atomic E-state index is 0.0694. The van der Waals surface area contributed by atoms with Gasteiger partial charge >= 0.3 is 5.97 Å². The van der Waals surface area contributed by atoms with Crippen LogP contribution < -0.4 is 9.47 Å². The van der Waals surface area contributed by atoms with Crippen LogP contribution in [-0.4, -0.2) is 43.4 Å². The predicted octanol–water partition coefficient (Wildman–Crippen LogP) is 4.42. The molecule has 0 aliphatic carbocycles. The SMILES string of the molecule is CCOc1ccc(S(=O)(=O)N2CCC(C(=O)OCc3ccccc3Oc3cccnc3)CC2)cc1. The van der Waals surface area contributed by atoms with Gasteiger partial charge in [-0.2, -0.15) is 4.31 Å². The number of pyridine rings is 1. The van der Waals surface area contributed by atoms with Gasteiger partial charge in [0.25, 0.3) is 0 Å². The van der Waals surface area contributed by atoms with Gasteiger partial charge in [0, 0.05) is 24.8 Å². The first-order valence-corrected chi connectivity index (χ1v) is 13.0. The van der Waals surface area contributed by atoms with Crippen LogP contribution in [0.4, 0.5) is 0 Å². The highest BCUT2D eigenvalue weighted by molar-refractivity contribution is 7.89. The van der Waals surface area contributed by atoms with Gasteiger partial charge in [0.15, 0.2) is 0 Å². The Labute approximate surface area is 205 Å². The lowest BCUT2D eigenvalue weighted by Gasteiger charge is -2.30. The number of aromatic nitrogens is 1. The number of benzene rings is 2. The average Bonchev–Trinajstić information content (AvgIpc) is 2.89. The minimum atomic E-state index is -3.63. The molecule has 3 aromatic rings. The maximum absolute atomic E-state index is 13.0. The maximum Gasteiger partial charge on any atom is 0.309 e. The zero-order valence-corrected chi connectivity index (χ0v) is 20.3. The van der Waals surface area contributed by atoms with Crippen LogP contribution in [0.15, 0.2) is 78.0 Å². The lowest BCUT2D eigenvalue weighted by Crippen LogP contribution is -2.40. The number of rotatable bonds is 9. The first-order valence-electron chi connectivity index (χ1n) is 11.5. The van der Waals surface area contributed by atoms with E-state index in [2.05, 4.69) is 4.98 Å². The Hall–Kier alpha value is -3.43. The molecule has 0 radical (unpaired) electrons. The van der Waals surface area contributed by atoms with E-state index in [1.165, 1.54) is 4.31 Å². The summed E-state index contributed by atoms with van der Waals surface area (Å²) in [5.41, 5.74) is 0.736. The Morgan fingerprint density at radius 1 is 1.00 bits per heavy atom. The summed E-state index contributed by atoms with van der Waals surface area (Å²) in [6.45, 7) is 2.97. The molecule has 0 unspecified atom stereocenters. The van der Waals surface area contributed by atoms with Gasteiger partial charge in [-0.05, 0) is 62.2 Å². The van der Waals surface area contributed by atoms with Gasteiger partial charge < -0.3 is 14.2 Å². The molecule has 9 heteroatoms. The molecule has 2 heterocycles. The fourth-order valence-electron chi connectivity index (χ4n) is 3.88. The van der Waals surface area contributed by atoms with E-state index in [0.717, 1.165) is 5.56 Å². The first-order chi connectivity index (χ1) is 17.0. The molecule has 0 saturated carbocycles. The molecule has 2 aromatic carbocycles. The van der Waals surface area contributed by atoms with Crippen LogP contribution in [0.25, 0.3) is 0 Å². The second-order valence-electron chi connectivity index (χ2n) is 8.09. The quantitative estimate of drug-likeness (QED) is 0.405. The van der Waals surface area contributed by atoms with Crippen LogP contribution in [0.2, 0.25) is 0 Å². The van der Waals surface area contributed by atoms with Gasteiger partial charge in [0.05, 0.1) is 23.6 Å². The van der Waals surface area contributed by atoms with E-state index in [9.17, 15) is 13.2 Å². The van der Waals surface area contributed by atoms with Crippen LogP contribution in [0.5, 0.6) is 17.2 Å². The van der Waals surface area contributed by atoms with Gasteiger partial charge in [0.2, 0.25) is 10.0 Å². The number of carbonyl (C=O) groups is 1. The van der Waals surface area contributed by atoms with Gasteiger partial charge in [-0.15, -0.1) is 0 Å². The highest BCUT2D eigenvalue weighted by atomic mass is 32.2. The lowest BCUT2D eigenvalue weighted by atomic mass is 9.98. The Morgan fingerprint density at radius 3 is 2.43 bits per heavy atom. The van der Waals surface area contributed by atoms with Gasteiger partial charge in [-0.1, -0.05) is 18.2 Å². The lowest BCUT2D eigenvalue weighted by molar-refractivity contribution is -0.151. The summed E-state index contributed by atoms with van der Waals surface area (Å²) >= 11 is 0. The fourth-order valence-corrected chi connectivity index (χ4v) is 5.35. The highest BCUT2D eigenvalue weighted by Gasteiger charge is 2.33. The van der Waals surface area contributed by atoms with Crippen molar-refractivity contribution in [3.05, 3.63) is 78.6 Å². The van der Waals surface area contributed by atoms with Crippen molar-refractivity contribution in [2.24, 2.45) is 5.92 Å². The number of esters is 1. The van der Waals surface area contributed by atoms with E-state index < -0.39 is 10.0 Å². The highest BCUT2D eigenvalue weighted by Crippen LogP contribution is 2.28. The van der Waals surface area contributed by atoms with Crippen molar-refractivity contribution in [3.8, 4) is 17.2 Å². The number of carbonyl (C=O) groups excluding carboxylic acids is 1. The van der Waals surface area contributed by atoms with Crippen LogP contribution in [-0.2, 0) is 26.2 Å². The molecule has 184 valence electrons. The maximum atomic E-state index is 13.0. The zero-order valence-electron chi connectivity index (χ0n) is 19.5. The second-order valence-corrected chi connectivity index (χ2v) is 10.0. The molecule has 0 amide bonds. The van der Waals surface area contributed by atoms with Crippen LogP contribution >= 0.6 is 0 Å². The Kier molecular flexibility index (Phi) is 7.99. The van der Waals surface area contributed by atoms with Crippen molar-refractivity contribution in [1.82, 2.24) is 9.29 Å². The van der Waals surface area contributed by atoms with Crippen molar-refractivity contribution in [1.29, 1.82) is 0 Å². The van der Waals surface area contributed by atoms with E-state index in [-0.39, 0.29) is 36.5 Å². The minimum Gasteiger partial charge on any atom is -0.494 e. The first kappa shape index (κ1) is 24.7. The Bertz CT molecular complexity index is 1220. The topological polar surface area (TPSA) is 95.0 Å². The molecule has 1 fully saturated rings. The Morgan fingerprint density at radius 2 is 1.74 bits per heavy atom. The summed E-state index contributed by atoms with van der Waals surface area (Å²) in [5.74, 6) is 1.12. The monoisotopic (exact) mass is 496 g/mol. The van der Waals surface area contributed by atoms with Gasteiger partial charge in [-0.3, -0.25) is 9.78 Å². The number of sulfonamides is 1. The van der Waals surface area contributed by atoms with Crippen molar-refractivity contribution in [2.45, 2.75) is 31.3 Å². The Balaban J connectivity index is 1.31. The smallest absolute Gasteiger partial charge is 0.309 e. The number of hydrogen-bond donors (Lipinski definition) is 0. The molecular formula is C26H28N2O6S. The van der Waals surface area contributed by atoms with E-state index >= 15 is 0 Å². The molecule has 1 aromatic heterocycles. The van der Waals surface area contributed by atoms with Crippen molar-refractivity contribution in [3.63, 3.8) is 0 Å². The number of piperidine rings is 1. The van der Waals surface area contributed by atoms with Crippen molar-refractivity contribution >= 4 is 16.0 Å². The molecule has 1 aliphatic rings. The van der Waals surface area contributed by atoms with Crippen LogP contribution in [0.1, 0.15) is 25.3 Å². The molecule has 4 rings (SSSR count). The number of hydrogen-bond acceptors (Lipinski definition) is 7. The third-order valence-corrected chi connectivity index (χ3v) is 7.68. The molecular weight excluding hydrogens is 468 g/mol. The molecule has 0 N–H and O–H groups in total. The number of para-hydroxylation sites is 1. The summed E-state index contributed by atoms with van der Waals surface area (Å²) in [4.78, 5) is 17.0. The number of ether oxygens (including phenoxy) is 3. The summed E-state index contributed by atoms with van der Waals surface area (Å²) in [6, 6.07) is 17.3. The largest absolute Gasteiger partial charge is 0.494 e. The molecule has 0 spiro atoms. The third-order valence-electron chi connectivity index (χ3n) is 5.76. The van der Waals surface area contributed by atoms with Crippen LogP contribution in [0, 0.1) is 5.92 Å². The van der Waals surface area contributed by atoms with Gasteiger partial charge in [-0.25, -0.2) is 8.42 Å². The second kappa shape index (κ2) is 11.3. The van der Waals surface area contributed by atoms with E-state index in [1.807, 2.05) is 25.1 Å². The summed E-state index contributed by atoms with van der Waals surface area (Å²) in [7, 11) is -3.63. The van der Waals surface area contributed by atoms with Crippen molar-refractivity contribution in [2.75, 3.05) is 19.7 Å². The zero-order chi connectivity index (χ0) is 24.7. The standard InChI is InChI=1S/C26H28N2O6S/c1-2-32-22-9-11-24(12-10-22)35(30,31)28-16-13-20(14-17-28)26(29)33-19-21-6-3-4-8-25(21)34-23-7-5-15-27-18-23/h3-12,15,18,20H,2,13-14,16-17,19H2,1H3. The molecule has 35 heavy (non-hydrogen) atoms. The summed E-state index contributed by atoms with van der Waals surface area (Å²) < 4.78 is 44.2. The molecule has 8 nitrogen and oxygen atoms in total. The van der Waals surface area contributed by atoms with E-state index in [4.69, 9.17) is 14.2 Å². The van der Waals surface area contributed by atoms with Crippen LogP contribution in [0.3, 0.4) is 0 Å². The predicted molar refractivity (Wildman–Crippen MR) is 130 cm³/mol. The third kappa shape index (κ3) is 6.17. The fraction of sp³-hybridized carbons (Fsp3) is 0.308. The molecule has 0 bridgehead atoms. The normalized spacial score (nSPS) is 14.9. The van der Waals surface area contributed by atoms with E-state index in [0.29, 0.717) is 36.7 Å². The average molecular weight is 497 g/mol.